The smallest absolute Gasteiger partial charge is 0.153 e. The van der Waals surface area contributed by atoms with E-state index in [2.05, 4.69) is 0 Å². The minimum atomic E-state index is -0.422. The fraction of sp³-hybridized carbons (Fsp3) is 0.300. The highest BCUT2D eigenvalue weighted by Gasteiger charge is 2.23. The molecule has 0 bridgehead atoms. The van der Waals surface area contributed by atoms with Crippen LogP contribution >= 0.6 is 0 Å². The third-order valence-corrected chi connectivity index (χ3v) is 2.20. The van der Waals surface area contributed by atoms with Crippen molar-refractivity contribution >= 4 is 6.29 Å². The summed E-state index contributed by atoms with van der Waals surface area (Å²) in [6.07, 6.45) is 2.91. The van der Waals surface area contributed by atoms with Gasteiger partial charge in [0.25, 0.3) is 0 Å². The van der Waals surface area contributed by atoms with Gasteiger partial charge in [-0.05, 0) is 36.5 Å². The van der Waals surface area contributed by atoms with Crippen molar-refractivity contribution in [3.63, 3.8) is 0 Å². The van der Waals surface area contributed by atoms with E-state index in [-0.39, 0.29) is 5.56 Å². The first kappa shape index (κ1) is 7.47. The Balaban J connectivity index is 2.39. The second kappa shape index (κ2) is 2.70. The first-order valence-electron chi connectivity index (χ1n) is 4.06. The largest absolute Gasteiger partial charge is 0.298 e. The number of halogens is 1. The maximum absolute atomic E-state index is 12.8. The minimum Gasteiger partial charge on any atom is -0.298 e. The van der Waals surface area contributed by atoms with Crippen LogP contribution in [0.1, 0.15) is 34.7 Å². The van der Waals surface area contributed by atoms with Gasteiger partial charge >= 0.3 is 0 Å². The summed E-state index contributed by atoms with van der Waals surface area (Å²) in [4.78, 5) is 10.4. The third-order valence-electron chi connectivity index (χ3n) is 2.20. The molecule has 1 aliphatic carbocycles. The van der Waals surface area contributed by atoms with E-state index in [4.69, 9.17) is 0 Å². The van der Waals surface area contributed by atoms with Crippen molar-refractivity contribution in [3.05, 3.63) is 35.1 Å². The lowest BCUT2D eigenvalue weighted by Crippen LogP contribution is -1.89. The van der Waals surface area contributed by atoms with Crippen LogP contribution in [0.3, 0.4) is 0 Å². The van der Waals surface area contributed by atoms with E-state index in [0.717, 1.165) is 5.56 Å². The first-order chi connectivity index (χ1) is 5.81. The Labute approximate surface area is 70.2 Å². The Kier molecular flexibility index (Phi) is 1.68. The van der Waals surface area contributed by atoms with Gasteiger partial charge in [0.05, 0.1) is 5.56 Å². The zero-order valence-corrected chi connectivity index (χ0v) is 6.59. The van der Waals surface area contributed by atoms with E-state index < -0.39 is 5.82 Å². The van der Waals surface area contributed by atoms with E-state index in [1.807, 2.05) is 0 Å². The second-order valence-electron chi connectivity index (χ2n) is 3.17. The summed E-state index contributed by atoms with van der Waals surface area (Å²) in [5.74, 6) is 0.152. The molecule has 0 amide bonds. The van der Waals surface area contributed by atoms with Gasteiger partial charge in [0.1, 0.15) is 5.82 Å². The maximum Gasteiger partial charge on any atom is 0.153 e. The van der Waals surface area contributed by atoms with Gasteiger partial charge in [0.15, 0.2) is 6.29 Å². The lowest BCUT2D eigenvalue weighted by atomic mass is 10.1. The lowest BCUT2D eigenvalue weighted by molar-refractivity contribution is 0.111. The maximum atomic E-state index is 12.8. The van der Waals surface area contributed by atoms with Crippen LogP contribution in [0.2, 0.25) is 0 Å². The van der Waals surface area contributed by atoms with Crippen LogP contribution in [0.25, 0.3) is 0 Å². The summed E-state index contributed by atoms with van der Waals surface area (Å²) in [7, 11) is 0. The van der Waals surface area contributed by atoms with Crippen molar-refractivity contribution in [3.8, 4) is 0 Å². The number of hydrogen-bond acceptors (Lipinski definition) is 1. The summed E-state index contributed by atoms with van der Waals surface area (Å²) in [5.41, 5.74) is 1.28. The van der Waals surface area contributed by atoms with Gasteiger partial charge in [-0.15, -0.1) is 0 Å². The molecule has 0 N–H and O–H groups in total. The molecule has 2 heteroatoms. The number of carbonyl (C=O) groups excluding carboxylic acids is 1. The van der Waals surface area contributed by atoms with Crippen molar-refractivity contribution in [2.45, 2.75) is 18.8 Å². The Morgan fingerprint density at radius 3 is 2.75 bits per heavy atom. The average molecular weight is 164 g/mol. The van der Waals surface area contributed by atoms with Crippen LogP contribution in [-0.2, 0) is 0 Å². The number of hydrogen-bond donors (Lipinski definition) is 0. The van der Waals surface area contributed by atoms with Crippen LogP contribution in [-0.4, -0.2) is 6.29 Å². The van der Waals surface area contributed by atoms with Crippen LogP contribution in [0.5, 0.6) is 0 Å². The van der Waals surface area contributed by atoms with Gasteiger partial charge in [-0.1, -0.05) is 6.07 Å². The Hall–Kier alpha value is -1.18. The van der Waals surface area contributed by atoms with Crippen molar-refractivity contribution in [1.82, 2.24) is 0 Å². The monoisotopic (exact) mass is 164 g/mol. The summed E-state index contributed by atoms with van der Waals surface area (Å²) in [6, 6.07) is 4.79. The molecule has 1 aromatic carbocycles. The fourth-order valence-corrected chi connectivity index (χ4v) is 1.32. The molecule has 0 heterocycles. The molecular weight excluding hydrogens is 155 g/mol. The van der Waals surface area contributed by atoms with Crippen LogP contribution in [0.15, 0.2) is 18.2 Å². The predicted octanol–water partition coefficient (Wildman–Crippen LogP) is 2.52. The minimum absolute atomic E-state index is 0.180. The highest BCUT2D eigenvalue weighted by molar-refractivity contribution is 5.75. The van der Waals surface area contributed by atoms with E-state index in [9.17, 15) is 9.18 Å². The molecule has 1 fully saturated rings. The third kappa shape index (κ3) is 1.24. The number of benzene rings is 1. The van der Waals surface area contributed by atoms with Gasteiger partial charge < -0.3 is 0 Å². The molecule has 1 aromatic rings. The Morgan fingerprint density at radius 1 is 1.42 bits per heavy atom. The van der Waals surface area contributed by atoms with Crippen molar-refractivity contribution in [1.29, 1.82) is 0 Å². The molecule has 2 rings (SSSR count). The molecule has 0 aromatic heterocycles. The van der Waals surface area contributed by atoms with E-state index in [1.165, 1.54) is 18.9 Å². The van der Waals surface area contributed by atoms with E-state index >= 15 is 0 Å². The number of carbonyl (C=O) groups is 1. The topological polar surface area (TPSA) is 17.1 Å². The first-order valence-corrected chi connectivity index (χ1v) is 4.06. The highest BCUT2D eigenvalue weighted by atomic mass is 19.1. The molecule has 62 valence electrons. The zero-order chi connectivity index (χ0) is 8.55. The Morgan fingerprint density at radius 2 is 2.17 bits per heavy atom. The normalized spacial score (nSPS) is 16.1. The van der Waals surface area contributed by atoms with Crippen molar-refractivity contribution in [2.24, 2.45) is 0 Å². The van der Waals surface area contributed by atoms with Crippen LogP contribution < -0.4 is 0 Å². The molecule has 0 radical (unpaired) electrons. The summed E-state index contributed by atoms with van der Waals surface area (Å²) in [6.45, 7) is 0. The van der Waals surface area contributed by atoms with Crippen molar-refractivity contribution in [2.75, 3.05) is 0 Å². The van der Waals surface area contributed by atoms with Gasteiger partial charge in [0.2, 0.25) is 0 Å². The molecule has 0 spiro atoms. The molecular formula is C10H9FO. The zero-order valence-electron chi connectivity index (χ0n) is 6.59. The van der Waals surface area contributed by atoms with Crippen LogP contribution in [0.4, 0.5) is 4.39 Å². The summed E-state index contributed by atoms with van der Waals surface area (Å²) >= 11 is 0. The molecule has 1 nitrogen and oxygen atoms in total. The van der Waals surface area contributed by atoms with Crippen molar-refractivity contribution < 1.29 is 9.18 Å². The quantitative estimate of drug-likeness (QED) is 0.614. The molecule has 12 heavy (non-hydrogen) atoms. The number of rotatable bonds is 2. The Bertz CT molecular complexity index is 316. The molecule has 1 aliphatic rings. The summed E-state index contributed by atoms with van der Waals surface area (Å²) in [5, 5.41) is 0. The predicted molar refractivity (Wildman–Crippen MR) is 43.8 cm³/mol. The lowest BCUT2D eigenvalue weighted by Gasteiger charge is -1.99. The van der Waals surface area contributed by atoms with Gasteiger partial charge in [-0.3, -0.25) is 4.79 Å². The fourth-order valence-electron chi connectivity index (χ4n) is 1.32. The molecule has 0 unspecified atom stereocenters. The van der Waals surface area contributed by atoms with E-state index in [1.54, 1.807) is 12.1 Å². The SMILES string of the molecule is O=Cc1cc(C2CC2)ccc1F. The molecule has 0 atom stereocenters. The van der Waals surface area contributed by atoms with Gasteiger partial charge in [-0.25, -0.2) is 4.39 Å². The van der Waals surface area contributed by atoms with Gasteiger partial charge in [-0.2, -0.15) is 0 Å². The van der Waals surface area contributed by atoms with Crippen LogP contribution in [0, 0.1) is 5.82 Å². The molecule has 0 saturated heterocycles. The molecule has 0 aliphatic heterocycles. The summed E-state index contributed by atoms with van der Waals surface area (Å²) < 4.78 is 12.8. The molecule has 1 saturated carbocycles. The van der Waals surface area contributed by atoms with E-state index in [0.29, 0.717) is 12.2 Å². The number of aldehydes is 1. The van der Waals surface area contributed by atoms with Gasteiger partial charge in [0, 0.05) is 0 Å². The second-order valence-corrected chi connectivity index (χ2v) is 3.17. The standard InChI is InChI=1S/C10H9FO/c11-10-4-3-8(7-1-2-7)5-9(10)6-12/h3-7H,1-2H2. The average Bonchev–Trinajstić information content (AvgIpc) is 2.88. The highest BCUT2D eigenvalue weighted by Crippen LogP contribution is 2.40.